The highest BCUT2D eigenvalue weighted by molar-refractivity contribution is 5.93. The van der Waals surface area contributed by atoms with Gasteiger partial charge in [-0.2, -0.15) is 0 Å². The molecule has 128 valence electrons. The van der Waals surface area contributed by atoms with Crippen LogP contribution in [0.25, 0.3) is 0 Å². The molecule has 1 heterocycles. The van der Waals surface area contributed by atoms with Crippen LogP contribution < -0.4 is 16.6 Å². The van der Waals surface area contributed by atoms with E-state index in [2.05, 4.69) is 15.3 Å². The molecule has 0 aliphatic heterocycles. The van der Waals surface area contributed by atoms with Gasteiger partial charge < -0.3 is 5.32 Å². The van der Waals surface area contributed by atoms with Crippen LogP contribution in [0.5, 0.6) is 0 Å². The third-order valence-electron chi connectivity index (χ3n) is 3.99. The fraction of sp³-hybridized carbons (Fsp3) is 0.353. The summed E-state index contributed by atoms with van der Waals surface area (Å²) in [6.45, 7) is 4.00. The fourth-order valence-electron chi connectivity index (χ4n) is 2.65. The summed E-state index contributed by atoms with van der Waals surface area (Å²) in [6.07, 6.45) is 5.39. The molecule has 1 aromatic carbocycles. The Labute approximate surface area is 140 Å². The van der Waals surface area contributed by atoms with Crippen LogP contribution in [0.15, 0.2) is 36.7 Å². The number of nitrogens with one attached hydrogen (secondary N) is 2. The molecule has 7 heteroatoms. The molecule has 0 bridgehead atoms. The van der Waals surface area contributed by atoms with Gasteiger partial charge in [0.1, 0.15) is 5.82 Å². The molecule has 2 aromatic rings. The van der Waals surface area contributed by atoms with Gasteiger partial charge >= 0.3 is 0 Å². The Bertz CT molecular complexity index is 686. The zero-order valence-corrected chi connectivity index (χ0v) is 13.8. The van der Waals surface area contributed by atoms with Crippen LogP contribution in [-0.4, -0.2) is 15.9 Å². The Kier molecular flexibility index (Phi) is 5.81. The lowest BCUT2D eigenvalue weighted by Crippen LogP contribution is -2.43. The van der Waals surface area contributed by atoms with E-state index < -0.39 is 11.4 Å². The number of hydrazine groups is 1. The molecule has 1 aromatic heterocycles. The van der Waals surface area contributed by atoms with Gasteiger partial charge in [-0.15, -0.1) is 0 Å². The molecule has 1 amide bonds. The quantitative estimate of drug-likeness (QED) is 0.455. The summed E-state index contributed by atoms with van der Waals surface area (Å²) in [6, 6.07) is 6.71. The van der Waals surface area contributed by atoms with Gasteiger partial charge in [0, 0.05) is 18.0 Å². The molecular formula is C17H22FN5O. The maximum Gasteiger partial charge on any atom is 0.268 e. The zero-order valence-electron chi connectivity index (χ0n) is 13.8. The second kappa shape index (κ2) is 7.83. The number of anilines is 1. The predicted molar refractivity (Wildman–Crippen MR) is 90.6 cm³/mol. The van der Waals surface area contributed by atoms with Crippen molar-refractivity contribution in [1.29, 1.82) is 0 Å². The van der Waals surface area contributed by atoms with E-state index in [1.807, 2.05) is 25.3 Å². The summed E-state index contributed by atoms with van der Waals surface area (Å²) >= 11 is 0. The smallest absolute Gasteiger partial charge is 0.268 e. The van der Waals surface area contributed by atoms with Crippen molar-refractivity contribution in [3.63, 3.8) is 0 Å². The molecule has 24 heavy (non-hydrogen) atoms. The number of hydrogen-bond donors (Lipinski definition) is 3. The molecule has 1 aliphatic rings. The van der Waals surface area contributed by atoms with Gasteiger partial charge in [0.05, 0.1) is 11.1 Å². The number of aromatic nitrogens is 2. The molecule has 0 radical (unpaired) electrons. The number of amides is 1. The van der Waals surface area contributed by atoms with Crippen LogP contribution in [0.3, 0.4) is 0 Å². The van der Waals surface area contributed by atoms with Gasteiger partial charge in [0.15, 0.2) is 0 Å². The molecule has 4 N–H and O–H groups in total. The number of nitrogens with zero attached hydrogens (tertiary/aromatic N) is 2. The highest BCUT2D eigenvalue weighted by Gasteiger charge is 2.41. The lowest BCUT2D eigenvalue weighted by molar-refractivity contribution is 0.0953. The van der Waals surface area contributed by atoms with Crippen LogP contribution >= 0.6 is 0 Å². The first kappa shape index (κ1) is 17.8. The van der Waals surface area contributed by atoms with E-state index in [0.717, 1.165) is 19.3 Å². The lowest BCUT2D eigenvalue weighted by Gasteiger charge is -2.43. The predicted octanol–water partition coefficient (Wildman–Crippen LogP) is 2.74. The number of halogens is 1. The van der Waals surface area contributed by atoms with Gasteiger partial charge in [-0.1, -0.05) is 32.0 Å². The van der Waals surface area contributed by atoms with E-state index in [-0.39, 0.29) is 11.4 Å². The van der Waals surface area contributed by atoms with E-state index >= 15 is 0 Å². The second-order valence-electron chi connectivity index (χ2n) is 5.31. The van der Waals surface area contributed by atoms with Crippen LogP contribution in [0, 0.1) is 5.82 Å². The van der Waals surface area contributed by atoms with Crippen molar-refractivity contribution in [1.82, 2.24) is 15.4 Å². The first-order chi connectivity index (χ1) is 11.6. The van der Waals surface area contributed by atoms with E-state index in [9.17, 15) is 9.18 Å². The minimum absolute atomic E-state index is 0.242. The number of nitrogens with two attached hydrogens (primary N) is 1. The molecule has 6 nitrogen and oxygen atoms in total. The summed E-state index contributed by atoms with van der Waals surface area (Å²) in [5, 5.41) is 3.21. The maximum atomic E-state index is 14.1. The molecule has 0 unspecified atom stereocenters. The maximum absolute atomic E-state index is 14.1. The first-order valence-electron chi connectivity index (χ1n) is 8.01. The molecular weight excluding hydrogens is 309 g/mol. The second-order valence-corrected chi connectivity index (χ2v) is 5.31. The SMILES string of the molecule is CC.NNC(=O)c1cnc(NC2(c3ccccc3F)CCC2)nc1. The van der Waals surface area contributed by atoms with Crippen molar-refractivity contribution in [3.05, 3.63) is 53.6 Å². The minimum atomic E-state index is -0.483. The molecule has 1 fully saturated rings. The number of nitrogen functional groups attached to an aromatic ring is 1. The zero-order chi connectivity index (χ0) is 17.6. The first-order valence-corrected chi connectivity index (χ1v) is 8.01. The highest BCUT2D eigenvalue weighted by Crippen LogP contribution is 2.44. The third-order valence-corrected chi connectivity index (χ3v) is 3.99. The Morgan fingerprint density at radius 3 is 2.33 bits per heavy atom. The van der Waals surface area contributed by atoms with Crippen LogP contribution in [0.1, 0.15) is 49.0 Å². The average molecular weight is 331 g/mol. The van der Waals surface area contributed by atoms with Crippen molar-refractivity contribution < 1.29 is 9.18 Å². The van der Waals surface area contributed by atoms with Crippen molar-refractivity contribution in [3.8, 4) is 0 Å². The molecule has 0 saturated heterocycles. The number of benzene rings is 1. The summed E-state index contributed by atoms with van der Waals surface area (Å²) < 4.78 is 14.1. The average Bonchev–Trinajstić information content (AvgIpc) is 2.60. The van der Waals surface area contributed by atoms with Crippen molar-refractivity contribution in [2.45, 2.75) is 38.6 Å². The van der Waals surface area contributed by atoms with E-state index in [1.165, 1.54) is 18.5 Å². The number of rotatable bonds is 4. The van der Waals surface area contributed by atoms with Crippen LogP contribution in [-0.2, 0) is 5.54 Å². The molecule has 0 spiro atoms. The summed E-state index contributed by atoms with van der Waals surface area (Å²) in [4.78, 5) is 19.6. The number of carbonyl (C=O) groups is 1. The van der Waals surface area contributed by atoms with E-state index in [1.54, 1.807) is 12.1 Å². The van der Waals surface area contributed by atoms with Gasteiger partial charge in [0.25, 0.3) is 5.91 Å². The summed E-state index contributed by atoms with van der Waals surface area (Å²) in [5.74, 6) is 4.71. The minimum Gasteiger partial charge on any atom is -0.345 e. The lowest BCUT2D eigenvalue weighted by atomic mass is 9.71. The monoisotopic (exact) mass is 331 g/mol. The number of hydrogen-bond acceptors (Lipinski definition) is 5. The van der Waals surface area contributed by atoms with Gasteiger partial charge in [-0.25, -0.2) is 20.2 Å². The largest absolute Gasteiger partial charge is 0.345 e. The standard InChI is InChI=1S/C15H16FN5O.C2H6/c16-12-5-2-1-4-11(12)15(6-3-7-15)20-14-18-8-10(9-19-14)13(22)21-17;1-2/h1-2,4-5,8-9H,3,6-7,17H2,(H,21,22)(H,18,19,20);1-2H3. The molecule has 1 aliphatic carbocycles. The topological polar surface area (TPSA) is 92.9 Å². The van der Waals surface area contributed by atoms with E-state index in [0.29, 0.717) is 11.5 Å². The number of carbonyl (C=O) groups excluding carboxylic acids is 1. The Morgan fingerprint density at radius 1 is 1.21 bits per heavy atom. The Hall–Kier alpha value is -2.54. The summed E-state index contributed by atoms with van der Waals surface area (Å²) in [7, 11) is 0. The molecule has 3 rings (SSSR count). The Balaban J connectivity index is 0.00000100. The highest BCUT2D eigenvalue weighted by atomic mass is 19.1. The van der Waals surface area contributed by atoms with Gasteiger partial charge in [0.2, 0.25) is 5.95 Å². The van der Waals surface area contributed by atoms with Crippen LogP contribution in [0.2, 0.25) is 0 Å². The summed E-state index contributed by atoms with van der Waals surface area (Å²) in [5.41, 5.74) is 2.42. The van der Waals surface area contributed by atoms with Crippen molar-refractivity contribution >= 4 is 11.9 Å². The van der Waals surface area contributed by atoms with Gasteiger partial charge in [-0.05, 0) is 25.3 Å². The van der Waals surface area contributed by atoms with Crippen LogP contribution in [0.4, 0.5) is 10.3 Å². The third kappa shape index (κ3) is 3.51. The van der Waals surface area contributed by atoms with Crippen molar-refractivity contribution in [2.24, 2.45) is 5.84 Å². The van der Waals surface area contributed by atoms with Gasteiger partial charge in [-0.3, -0.25) is 10.2 Å². The fourth-order valence-corrected chi connectivity index (χ4v) is 2.65. The molecule has 1 saturated carbocycles. The molecule has 0 atom stereocenters. The normalized spacial score (nSPS) is 14.7. The van der Waals surface area contributed by atoms with E-state index in [4.69, 9.17) is 5.84 Å². The Morgan fingerprint density at radius 2 is 1.83 bits per heavy atom. The van der Waals surface area contributed by atoms with Crippen molar-refractivity contribution in [2.75, 3.05) is 5.32 Å².